The Hall–Kier alpha value is -2.17. The van der Waals surface area contributed by atoms with Crippen LogP contribution in [0.4, 0.5) is 4.39 Å². The summed E-state index contributed by atoms with van der Waals surface area (Å²) in [6.07, 6.45) is 4.36. The molecule has 4 nitrogen and oxygen atoms in total. The van der Waals surface area contributed by atoms with Crippen molar-refractivity contribution >= 4 is 5.91 Å². The molecule has 0 saturated heterocycles. The fourth-order valence-electron chi connectivity index (χ4n) is 1.61. The average Bonchev–Trinajstić information content (AvgIpc) is 2.87. The van der Waals surface area contributed by atoms with E-state index in [0.717, 1.165) is 13.0 Å². The monoisotopic (exact) mass is 247 g/mol. The predicted molar refractivity (Wildman–Crippen MR) is 65.6 cm³/mol. The van der Waals surface area contributed by atoms with E-state index in [1.807, 2.05) is 12.3 Å². The zero-order valence-electron chi connectivity index (χ0n) is 9.84. The standard InChI is InChI=1S/C13H14FN3O/c14-12-5-1-4-11(10-12)13(18)15-6-2-8-17-9-3-7-16-17/h1,3-5,7,9-10H,2,6,8H2,(H,15,18). The molecular weight excluding hydrogens is 233 g/mol. The van der Waals surface area contributed by atoms with Crippen LogP contribution in [0.25, 0.3) is 0 Å². The molecule has 2 aromatic rings. The number of hydrogen-bond acceptors (Lipinski definition) is 2. The summed E-state index contributed by atoms with van der Waals surface area (Å²) in [4.78, 5) is 11.7. The molecule has 0 aliphatic heterocycles. The predicted octanol–water partition coefficient (Wildman–Crippen LogP) is 1.84. The highest BCUT2D eigenvalue weighted by Crippen LogP contribution is 2.03. The van der Waals surface area contributed by atoms with Crippen molar-refractivity contribution in [3.63, 3.8) is 0 Å². The van der Waals surface area contributed by atoms with Gasteiger partial charge < -0.3 is 5.32 Å². The molecule has 1 aromatic heterocycles. The topological polar surface area (TPSA) is 46.9 Å². The maximum atomic E-state index is 12.9. The minimum Gasteiger partial charge on any atom is -0.352 e. The van der Waals surface area contributed by atoms with Gasteiger partial charge in [-0.05, 0) is 30.7 Å². The normalized spacial score (nSPS) is 10.3. The molecule has 0 radical (unpaired) electrons. The Balaban J connectivity index is 1.75. The van der Waals surface area contributed by atoms with Crippen LogP contribution in [0.1, 0.15) is 16.8 Å². The highest BCUT2D eigenvalue weighted by Gasteiger charge is 2.05. The van der Waals surface area contributed by atoms with Crippen LogP contribution in [0, 0.1) is 5.82 Å². The van der Waals surface area contributed by atoms with Crippen molar-refractivity contribution in [2.75, 3.05) is 6.54 Å². The lowest BCUT2D eigenvalue weighted by molar-refractivity contribution is 0.0952. The van der Waals surface area contributed by atoms with E-state index in [-0.39, 0.29) is 5.91 Å². The molecule has 1 N–H and O–H groups in total. The Labute approximate surface area is 104 Å². The van der Waals surface area contributed by atoms with Crippen molar-refractivity contribution in [1.29, 1.82) is 0 Å². The smallest absolute Gasteiger partial charge is 0.251 e. The summed E-state index contributed by atoms with van der Waals surface area (Å²) in [5.41, 5.74) is 0.342. The van der Waals surface area contributed by atoms with E-state index >= 15 is 0 Å². The number of carbonyl (C=O) groups excluding carboxylic acids is 1. The molecule has 5 heteroatoms. The fraction of sp³-hybridized carbons (Fsp3) is 0.231. The van der Waals surface area contributed by atoms with Gasteiger partial charge in [0, 0.05) is 31.0 Å². The van der Waals surface area contributed by atoms with Crippen molar-refractivity contribution in [3.8, 4) is 0 Å². The Morgan fingerprint density at radius 2 is 2.28 bits per heavy atom. The summed E-state index contributed by atoms with van der Waals surface area (Å²) >= 11 is 0. The van der Waals surface area contributed by atoms with Gasteiger partial charge in [0.1, 0.15) is 5.82 Å². The molecule has 0 unspecified atom stereocenters. The zero-order chi connectivity index (χ0) is 12.8. The van der Waals surface area contributed by atoms with Crippen LogP contribution in [0.2, 0.25) is 0 Å². The summed E-state index contributed by atoms with van der Waals surface area (Å²) in [5.74, 6) is -0.658. The van der Waals surface area contributed by atoms with Crippen molar-refractivity contribution in [3.05, 3.63) is 54.1 Å². The zero-order valence-corrected chi connectivity index (χ0v) is 9.84. The highest BCUT2D eigenvalue weighted by atomic mass is 19.1. The first kappa shape index (κ1) is 12.3. The van der Waals surface area contributed by atoms with E-state index in [4.69, 9.17) is 0 Å². The van der Waals surface area contributed by atoms with E-state index in [1.54, 1.807) is 16.9 Å². The van der Waals surface area contributed by atoms with Crippen molar-refractivity contribution in [2.45, 2.75) is 13.0 Å². The van der Waals surface area contributed by atoms with E-state index in [2.05, 4.69) is 10.4 Å². The molecular formula is C13H14FN3O. The Morgan fingerprint density at radius 3 is 3.00 bits per heavy atom. The van der Waals surface area contributed by atoms with Gasteiger partial charge in [-0.15, -0.1) is 0 Å². The van der Waals surface area contributed by atoms with Gasteiger partial charge in [0.15, 0.2) is 0 Å². The van der Waals surface area contributed by atoms with Gasteiger partial charge in [-0.25, -0.2) is 4.39 Å². The van der Waals surface area contributed by atoms with Crippen LogP contribution >= 0.6 is 0 Å². The highest BCUT2D eigenvalue weighted by molar-refractivity contribution is 5.94. The Bertz CT molecular complexity index is 511. The first-order chi connectivity index (χ1) is 8.75. The van der Waals surface area contributed by atoms with Gasteiger partial charge in [-0.2, -0.15) is 5.10 Å². The van der Waals surface area contributed by atoms with Crippen molar-refractivity contribution in [1.82, 2.24) is 15.1 Å². The van der Waals surface area contributed by atoms with Gasteiger partial charge in [0.2, 0.25) is 0 Å². The largest absolute Gasteiger partial charge is 0.352 e. The molecule has 2 rings (SSSR count). The number of benzene rings is 1. The third-order valence-corrected chi connectivity index (χ3v) is 2.50. The summed E-state index contributed by atoms with van der Waals surface area (Å²) in [6.45, 7) is 1.28. The number of carbonyl (C=O) groups is 1. The molecule has 1 heterocycles. The molecule has 18 heavy (non-hydrogen) atoms. The number of rotatable bonds is 5. The second-order valence-corrected chi connectivity index (χ2v) is 3.89. The SMILES string of the molecule is O=C(NCCCn1cccn1)c1cccc(F)c1. The summed E-state index contributed by atoms with van der Waals surface area (Å²) in [5, 5.41) is 6.80. The van der Waals surface area contributed by atoms with Crippen LogP contribution in [-0.4, -0.2) is 22.2 Å². The lowest BCUT2D eigenvalue weighted by Crippen LogP contribution is -2.25. The Morgan fingerprint density at radius 1 is 1.39 bits per heavy atom. The van der Waals surface area contributed by atoms with Gasteiger partial charge in [0.25, 0.3) is 5.91 Å². The van der Waals surface area contributed by atoms with Gasteiger partial charge >= 0.3 is 0 Å². The third kappa shape index (κ3) is 3.41. The molecule has 94 valence electrons. The van der Waals surface area contributed by atoms with E-state index in [1.165, 1.54) is 18.2 Å². The van der Waals surface area contributed by atoms with Gasteiger partial charge in [-0.1, -0.05) is 6.07 Å². The maximum absolute atomic E-state index is 12.9. The first-order valence-corrected chi connectivity index (χ1v) is 5.77. The van der Waals surface area contributed by atoms with Crippen LogP contribution in [0.3, 0.4) is 0 Å². The fourth-order valence-corrected chi connectivity index (χ4v) is 1.61. The molecule has 0 saturated carbocycles. The maximum Gasteiger partial charge on any atom is 0.251 e. The molecule has 0 spiro atoms. The molecule has 0 fully saturated rings. The Kier molecular flexibility index (Phi) is 4.06. The lowest BCUT2D eigenvalue weighted by atomic mass is 10.2. The number of halogens is 1. The lowest BCUT2D eigenvalue weighted by Gasteiger charge is -2.05. The summed E-state index contributed by atoms with van der Waals surface area (Å²) < 4.78 is 14.7. The van der Waals surface area contributed by atoms with Crippen LogP contribution in [0.5, 0.6) is 0 Å². The molecule has 0 aliphatic rings. The van der Waals surface area contributed by atoms with E-state index < -0.39 is 5.82 Å². The molecule has 0 atom stereocenters. The van der Waals surface area contributed by atoms with Crippen LogP contribution in [-0.2, 0) is 6.54 Å². The second kappa shape index (κ2) is 5.95. The average molecular weight is 247 g/mol. The number of nitrogens with one attached hydrogen (secondary N) is 1. The van der Waals surface area contributed by atoms with Crippen LogP contribution in [0.15, 0.2) is 42.7 Å². The minimum atomic E-state index is -0.404. The van der Waals surface area contributed by atoms with Gasteiger partial charge in [-0.3, -0.25) is 9.48 Å². The molecule has 1 amide bonds. The van der Waals surface area contributed by atoms with Crippen molar-refractivity contribution in [2.24, 2.45) is 0 Å². The quantitative estimate of drug-likeness (QED) is 0.819. The number of amides is 1. The first-order valence-electron chi connectivity index (χ1n) is 5.77. The second-order valence-electron chi connectivity index (χ2n) is 3.89. The van der Waals surface area contributed by atoms with E-state index in [0.29, 0.717) is 12.1 Å². The minimum absolute atomic E-state index is 0.255. The summed E-state index contributed by atoms with van der Waals surface area (Å²) in [7, 11) is 0. The number of nitrogens with zero attached hydrogens (tertiary/aromatic N) is 2. The molecule has 0 aliphatic carbocycles. The van der Waals surface area contributed by atoms with Crippen molar-refractivity contribution < 1.29 is 9.18 Å². The summed E-state index contributed by atoms with van der Waals surface area (Å²) in [6, 6.07) is 7.50. The molecule has 0 bridgehead atoms. The van der Waals surface area contributed by atoms with E-state index in [9.17, 15) is 9.18 Å². The number of aryl methyl sites for hydroxylation is 1. The van der Waals surface area contributed by atoms with Gasteiger partial charge in [0.05, 0.1) is 0 Å². The van der Waals surface area contributed by atoms with Crippen LogP contribution < -0.4 is 5.32 Å². The number of hydrogen-bond donors (Lipinski definition) is 1. The third-order valence-electron chi connectivity index (χ3n) is 2.50. The molecule has 1 aromatic carbocycles. The number of aromatic nitrogens is 2.